The van der Waals surface area contributed by atoms with Crippen molar-refractivity contribution in [3.8, 4) is 11.1 Å². The van der Waals surface area contributed by atoms with Gasteiger partial charge in [0.05, 0.1) is 22.8 Å². The standard InChI is InChI=1S/C41H47IN4/c1-4-7-10-13-30-33-20-22-35(43-33)31(14-11-8-5-2)37-24-26-39(45-37)41(28-16-18-29(42)19-17-28)40-27-25-38(46-40)32(15-12-9-6-3)36-23-21-34(30)44-36/h16-27,45-46H,4-15H2,1-3H3. The van der Waals surface area contributed by atoms with Crippen molar-refractivity contribution < 1.29 is 0 Å². The summed E-state index contributed by atoms with van der Waals surface area (Å²) in [6, 6.07) is 17.9. The summed E-state index contributed by atoms with van der Waals surface area (Å²) in [5.41, 5.74) is 15.1. The van der Waals surface area contributed by atoms with Crippen molar-refractivity contribution in [2.75, 3.05) is 0 Å². The number of hydrogen-bond donors (Lipinski definition) is 2. The topological polar surface area (TPSA) is 57.4 Å². The molecular formula is C41H47IN4. The van der Waals surface area contributed by atoms with Gasteiger partial charge in [0.1, 0.15) is 0 Å². The Morgan fingerprint density at radius 3 is 1.30 bits per heavy atom. The summed E-state index contributed by atoms with van der Waals surface area (Å²) in [4.78, 5) is 18.5. The molecule has 46 heavy (non-hydrogen) atoms. The second kappa shape index (κ2) is 15.4. The number of nitrogens with zero attached hydrogens (tertiary/aromatic N) is 2. The first kappa shape index (κ1) is 32.5. The Balaban J connectivity index is 1.69. The number of aryl methyl sites for hydroxylation is 2. The van der Waals surface area contributed by atoms with Crippen LogP contribution >= 0.6 is 22.6 Å². The molecular weight excluding hydrogens is 675 g/mol. The molecule has 0 atom stereocenters. The van der Waals surface area contributed by atoms with E-state index in [4.69, 9.17) is 9.97 Å². The Labute approximate surface area is 288 Å². The third kappa shape index (κ3) is 7.25. The zero-order valence-corrected chi connectivity index (χ0v) is 29.8. The van der Waals surface area contributed by atoms with E-state index >= 15 is 0 Å². The average molecular weight is 723 g/mol. The van der Waals surface area contributed by atoms with Gasteiger partial charge in [0.15, 0.2) is 0 Å². The van der Waals surface area contributed by atoms with Gasteiger partial charge in [-0.1, -0.05) is 71.4 Å². The Morgan fingerprint density at radius 1 is 0.478 bits per heavy atom. The van der Waals surface area contributed by atoms with Gasteiger partial charge >= 0.3 is 0 Å². The number of H-pyrrole nitrogens is 2. The van der Waals surface area contributed by atoms with Crippen LogP contribution in [0.15, 0.2) is 48.5 Å². The summed E-state index contributed by atoms with van der Waals surface area (Å²) >= 11 is 2.39. The highest BCUT2D eigenvalue weighted by molar-refractivity contribution is 14.1. The third-order valence-electron chi connectivity index (χ3n) is 9.30. The number of benzene rings is 1. The van der Waals surface area contributed by atoms with Gasteiger partial charge in [-0.05, 0) is 127 Å². The molecule has 8 bridgehead atoms. The molecule has 4 nitrogen and oxygen atoms in total. The molecule has 5 heteroatoms. The fourth-order valence-corrected chi connectivity index (χ4v) is 7.11. The van der Waals surface area contributed by atoms with Gasteiger partial charge in [0.2, 0.25) is 0 Å². The van der Waals surface area contributed by atoms with Gasteiger partial charge < -0.3 is 9.97 Å². The van der Waals surface area contributed by atoms with Crippen molar-refractivity contribution in [3.63, 3.8) is 0 Å². The van der Waals surface area contributed by atoms with Crippen LogP contribution in [0.4, 0.5) is 0 Å². The van der Waals surface area contributed by atoms with Gasteiger partial charge in [-0.15, -0.1) is 0 Å². The van der Waals surface area contributed by atoms with E-state index in [1.54, 1.807) is 0 Å². The summed E-state index contributed by atoms with van der Waals surface area (Å²) < 4.78 is 1.23. The fourth-order valence-electron chi connectivity index (χ4n) is 6.75. The minimum absolute atomic E-state index is 0.991. The molecule has 0 saturated heterocycles. The molecule has 4 aromatic rings. The van der Waals surface area contributed by atoms with E-state index in [1.807, 2.05) is 0 Å². The Hall–Kier alpha value is -3.45. The predicted octanol–water partition coefficient (Wildman–Crippen LogP) is 12.1. The largest absolute Gasteiger partial charge is 0.355 e. The van der Waals surface area contributed by atoms with Gasteiger partial charge in [0, 0.05) is 47.9 Å². The van der Waals surface area contributed by atoms with E-state index in [2.05, 4.69) is 126 Å². The number of halogens is 1. The molecule has 3 aromatic heterocycles. The van der Waals surface area contributed by atoms with E-state index in [0.29, 0.717) is 0 Å². The number of nitrogens with one attached hydrogen (secondary N) is 2. The van der Waals surface area contributed by atoms with E-state index in [0.717, 1.165) is 83.4 Å². The van der Waals surface area contributed by atoms with Crippen LogP contribution in [0.25, 0.3) is 57.5 Å². The van der Waals surface area contributed by atoms with Crippen LogP contribution in [0.2, 0.25) is 0 Å². The van der Waals surface area contributed by atoms with Crippen molar-refractivity contribution in [3.05, 3.63) is 91.6 Å². The third-order valence-corrected chi connectivity index (χ3v) is 10.0. The maximum absolute atomic E-state index is 5.35. The lowest BCUT2D eigenvalue weighted by Gasteiger charge is -2.06. The van der Waals surface area contributed by atoms with Gasteiger partial charge in [0.25, 0.3) is 0 Å². The van der Waals surface area contributed by atoms with Crippen molar-refractivity contribution in [2.45, 2.75) is 97.8 Å². The summed E-state index contributed by atoms with van der Waals surface area (Å²) in [6.07, 6.45) is 22.6. The van der Waals surface area contributed by atoms with Crippen molar-refractivity contribution in [1.82, 2.24) is 19.9 Å². The highest BCUT2D eigenvalue weighted by atomic mass is 127. The molecule has 2 aliphatic rings. The molecule has 0 aliphatic carbocycles. The number of rotatable bonds is 13. The molecule has 0 radical (unpaired) electrons. The summed E-state index contributed by atoms with van der Waals surface area (Å²) in [5.74, 6) is 0. The molecule has 5 heterocycles. The molecule has 0 unspecified atom stereocenters. The van der Waals surface area contributed by atoms with Gasteiger partial charge in [-0.2, -0.15) is 0 Å². The van der Waals surface area contributed by atoms with Gasteiger partial charge in [-0.25, -0.2) is 9.97 Å². The van der Waals surface area contributed by atoms with Gasteiger partial charge in [-0.3, -0.25) is 0 Å². The number of unbranched alkanes of at least 4 members (excludes halogenated alkanes) is 6. The lowest BCUT2D eigenvalue weighted by Crippen LogP contribution is -1.97. The second-order valence-electron chi connectivity index (χ2n) is 12.7. The molecule has 0 amide bonds. The smallest absolute Gasteiger partial charge is 0.0691 e. The first-order valence-corrected chi connectivity index (χ1v) is 18.6. The van der Waals surface area contributed by atoms with Crippen LogP contribution in [-0.2, 0) is 19.3 Å². The quantitative estimate of drug-likeness (QED) is 0.0921. The molecule has 1 aromatic carbocycles. The van der Waals surface area contributed by atoms with E-state index in [1.165, 1.54) is 69.9 Å². The number of aromatic amines is 2. The first-order valence-electron chi connectivity index (χ1n) is 17.5. The number of hydrogen-bond acceptors (Lipinski definition) is 2. The van der Waals surface area contributed by atoms with Crippen molar-refractivity contribution >= 4 is 69.0 Å². The van der Waals surface area contributed by atoms with Crippen LogP contribution in [0.1, 0.15) is 118 Å². The van der Waals surface area contributed by atoms with E-state index < -0.39 is 0 Å². The van der Waals surface area contributed by atoms with Crippen LogP contribution in [0.3, 0.4) is 0 Å². The molecule has 2 N–H and O–H groups in total. The lowest BCUT2D eigenvalue weighted by atomic mass is 10.0. The first-order chi connectivity index (χ1) is 22.6. The van der Waals surface area contributed by atoms with Crippen LogP contribution < -0.4 is 0 Å². The second-order valence-corrected chi connectivity index (χ2v) is 13.9. The molecule has 238 valence electrons. The maximum atomic E-state index is 5.35. The fraction of sp³-hybridized carbons (Fsp3) is 0.366. The van der Waals surface area contributed by atoms with Crippen molar-refractivity contribution in [1.29, 1.82) is 0 Å². The van der Waals surface area contributed by atoms with Crippen LogP contribution in [-0.4, -0.2) is 19.9 Å². The zero-order valence-electron chi connectivity index (χ0n) is 27.7. The Kier molecular flexibility index (Phi) is 10.9. The zero-order chi connectivity index (χ0) is 31.9. The Bertz CT molecular complexity index is 1780. The lowest BCUT2D eigenvalue weighted by molar-refractivity contribution is 0.712. The summed E-state index contributed by atoms with van der Waals surface area (Å²) in [5, 5.41) is 0. The number of fused-ring (bicyclic) bond motifs is 8. The molecule has 0 fully saturated rings. The number of aromatic nitrogens is 4. The molecule has 6 rings (SSSR count). The normalized spacial score (nSPS) is 12.3. The molecule has 2 aliphatic heterocycles. The summed E-state index contributed by atoms with van der Waals surface area (Å²) in [6.45, 7) is 6.81. The average Bonchev–Trinajstić information content (AvgIpc) is 3.89. The molecule has 0 spiro atoms. The van der Waals surface area contributed by atoms with E-state index in [9.17, 15) is 0 Å². The minimum atomic E-state index is 0.991. The SMILES string of the molecule is CCCCCc1c2nc(c(CCCCC)c3ccc([nH]3)c(-c3ccc(I)cc3)c3ccc([nH]3)c(CCCCC)c3nc1C=C3)C=C2. The highest BCUT2D eigenvalue weighted by Crippen LogP contribution is 2.33. The maximum Gasteiger partial charge on any atom is 0.0691 e. The predicted molar refractivity (Wildman–Crippen MR) is 207 cm³/mol. The van der Waals surface area contributed by atoms with Crippen LogP contribution in [0.5, 0.6) is 0 Å². The highest BCUT2D eigenvalue weighted by Gasteiger charge is 2.17. The van der Waals surface area contributed by atoms with Crippen LogP contribution in [0, 0.1) is 3.57 Å². The Morgan fingerprint density at radius 2 is 0.870 bits per heavy atom. The summed E-state index contributed by atoms with van der Waals surface area (Å²) in [7, 11) is 0. The van der Waals surface area contributed by atoms with E-state index in [-0.39, 0.29) is 0 Å². The molecule has 0 saturated carbocycles. The minimum Gasteiger partial charge on any atom is -0.355 e. The van der Waals surface area contributed by atoms with Crippen molar-refractivity contribution in [2.24, 2.45) is 0 Å². The monoisotopic (exact) mass is 722 g/mol.